The fourth-order valence-corrected chi connectivity index (χ4v) is 3.29. The summed E-state index contributed by atoms with van der Waals surface area (Å²) < 4.78 is 39.2. The van der Waals surface area contributed by atoms with Gasteiger partial charge in [0.2, 0.25) is 0 Å². The Morgan fingerprint density at radius 2 is 1.71 bits per heavy atom. The van der Waals surface area contributed by atoms with E-state index in [1.54, 1.807) is 0 Å². The van der Waals surface area contributed by atoms with Crippen LogP contribution in [0, 0.1) is 17.7 Å². The Morgan fingerprint density at radius 1 is 1.08 bits per heavy atom. The number of amides is 1. The quantitative estimate of drug-likeness (QED) is 0.758. The molecule has 0 aliphatic carbocycles. The van der Waals surface area contributed by atoms with E-state index in [0.29, 0.717) is 11.1 Å². The molecule has 0 spiro atoms. The third-order valence-electron chi connectivity index (χ3n) is 3.26. The van der Waals surface area contributed by atoms with E-state index in [2.05, 4.69) is 11.8 Å². The van der Waals surface area contributed by atoms with Crippen molar-refractivity contribution in [2.24, 2.45) is 0 Å². The molecule has 1 fully saturated rings. The van der Waals surface area contributed by atoms with E-state index < -0.39 is 22.7 Å². The van der Waals surface area contributed by atoms with E-state index >= 15 is 0 Å². The Labute approximate surface area is 137 Å². The van der Waals surface area contributed by atoms with Gasteiger partial charge in [0.1, 0.15) is 18.1 Å². The van der Waals surface area contributed by atoms with Crippen molar-refractivity contribution in [3.8, 4) is 17.6 Å². The van der Waals surface area contributed by atoms with Gasteiger partial charge in [0.05, 0.1) is 5.69 Å². The number of phenols is 1. The van der Waals surface area contributed by atoms with Crippen LogP contribution in [0.3, 0.4) is 0 Å². The van der Waals surface area contributed by atoms with Crippen LogP contribution in [0.15, 0.2) is 42.5 Å². The minimum absolute atomic E-state index is 0.0424. The summed E-state index contributed by atoms with van der Waals surface area (Å²) in [7, 11) is -4.02. The van der Waals surface area contributed by atoms with Crippen LogP contribution in [0.1, 0.15) is 11.1 Å². The summed E-state index contributed by atoms with van der Waals surface area (Å²) in [5.41, 5.74) is 0.970. The minimum Gasteiger partial charge on any atom is -0.506 e. The third kappa shape index (κ3) is 3.16. The number of nitrogens with one attached hydrogen (secondary N) is 1. The molecule has 2 aromatic carbocycles. The van der Waals surface area contributed by atoms with Gasteiger partial charge >= 0.3 is 10.2 Å². The van der Waals surface area contributed by atoms with Crippen molar-refractivity contribution >= 4 is 21.8 Å². The highest BCUT2D eigenvalue weighted by atomic mass is 32.2. The maximum absolute atomic E-state index is 12.9. The molecule has 122 valence electrons. The Hall–Kier alpha value is -3.05. The minimum atomic E-state index is -4.02. The normalized spacial score (nSPS) is 15.5. The van der Waals surface area contributed by atoms with Gasteiger partial charge in [-0.1, -0.05) is 11.8 Å². The summed E-state index contributed by atoms with van der Waals surface area (Å²) >= 11 is 0. The number of anilines is 1. The second-order valence-corrected chi connectivity index (χ2v) is 6.59. The molecular weight excluding hydrogens is 335 g/mol. The summed E-state index contributed by atoms with van der Waals surface area (Å²) in [5, 5.41) is 9.89. The van der Waals surface area contributed by atoms with Crippen molar-refractivity contribution in [2.45, 2.75) is 0 Å². The zero-order valence-corrected chi connectivity index (χ0v) is 13.0. The monoisotopic (exact) mass is 346 g/mol. The first-order chi connectivity index (χ1) is 11.3. The molecule has 8 heteroatoms. The first-order valence-electron chi connectivity index (χ1n) is 6.79. The van der Waals surface area contributed by atoms with Gasteiger partial charge in [-0.05, 0) is 42.5 Å². The van der Waals surface area contributed by atoms with Gasteiger partial charge in [0.15, 0.2) is 0 Å². The number of carbonyl (C=O) groups excluding carboxylic acids is 1. The highest BCUT2D eigenvalue weighted by Gasteiger charge is 2.35. The van der Waals surface area contributed by atoms with Crippen molar-refractivity contribution in [3.63, 3.8) is 0 Å². The van der Waals surface area contributed by atoms with Gasteiger partial charge in [-0.3, -0.25) is 4.79 Å². The Kier molecular flexibility index (Phi) is 3.87. The summed E-state index contributed by atoms with van der Waals surface area (Å²) in [5.74, 6) is 4.26. The molecule has 2 aromatic rings. The van der Waals surface area contributed by atoms with Gasteiger partial charge in [0.25, 0.3) is 5.91 Å². The van der Waals surface area contributed by atoms with E-state index in [1.807, 2.05) is 4.72 Å². The molecule has 0 radical (unpaired) electrons. The molecule has 1 heterocycles. The van der Waals surface area contributed by atoms with Gasteiger partial charge in [-0.2, -0.15) is 8.42 Å². The molecular formula is C16H11FN2O4S. The third-order valence-corrected chi connectivity index (χ3v) is 4.65. The molecule has 0 aromatic heterocycles. The SMILES string of the molecule is O=C1CN(c2cc(C#Cc3ccc(F)cc3)ccc2O)S(=O)(=O)N1. The van der Waals surface area contributed by atoms with Crippen LogP contribution in [0.25, 0.3) is 0 Å². The highest BCUT2D eigenvalue weighted by Crippen LogP contribution is 2.31. The van der Waals surface area contributed by atoms with Gasteiger partial charge < -0.3 is 5.11 Å². The lowest BCUT2D eigenvalue weighted by molar-refractivity contribution is -0.117. The van der Waals surface area contributed by atoms with Crippen molar-refractivity contribution < 1.29 is 22.7 Å². The number of hydrogen-bond donors (Lipinski definition) is 2. The summed E-state index contributed by atoms with van der Waals surface area (Å²) in [6, 6.07) is 9.74. The number of nitrogens with zero attached hydrogens (tertiary/aromatic N) is 1. The smallest absolute Gasteiger partial charge is 0.326 e. The molecule has 24 heavy (non-hydrogen) atoms. The number of benzene rings is 2. The maximum Gasteiger partial charge on any atom is 0.326 e. The van der Waals surface area contributed by atoms with E-state index in [-0.39, 0.29) is 17.3 Å². The van der Waals surface area contributed by atoms with Crippen molar-refractivity contribution in [3.05, 3.63) is 59.4 Å². The molecule has 0 bridgehead atoms. The second kappa shape index (κ2) is 5.86. The molecule has 0 unspecified atom stereocenters. The first kappa shape index (κ1) is 15.8. The van der Waals surface area contributed by atoms with Crippen LogP contribution >= 0.6 is 0 Å². The van der Waals surface area contributed by atoms with Gasteiger partial charge in [-0.25, -0.2) is 13.4 Å². The summed E-state index contributed by atoms with van der Waals surface area (Å²) in [6.07, 6.45) is 0. The van der Waals surface area contributed by atoms with E-state index in [1.165, 1.54) is 42.5 Å². The Balaban J connectivity index is 1.96. The lowest BCUT2D eigenvalue weighted by atomic mass is 10.1. The molecule has 6 nitrogen and oxygen atoms in total. The number of phenolic OH excluding ortho intramolecular Hbond substituents is 1. The van der Waals surface area contributed by atoms with Gasteiger partial charge in [0, 0.05) is 11.1 Å². The number of rotatable bonds is 1. The van der Waals surface area contributed by atoms with Crippen molar-refractivity contribution in [1.82, 2.24) is 4.72 Å². The number of hydrogen-bond acceptors (Lipinski definition) is 4. The average Bonchev–Trinajstić information content (AvgIpc) is 2.80. The van der Waals surface area contributed by atoms with Gasteiger partial charge in [-0.15, -0.1) is 0 Å². The molecule has 1 saturated heterocycles. The van der Waals surface area contributed by atoms with Crippen LogP contribution in [0.5, 0.6) is 5.75 Å². The highest BCUT2D eigenvalue weighted by molar-refractivity contribution is 7.92. The van der Waals surface area contributed by atoms with E-state index in [0.717, 1.165) is 4.31 Å². The van der Waals surface area contributed by atoms with Crippen molar-refractivity contribution in [2.75, 3.05) is 10.8 Å². The molecule has 2 N–H and O–H groups in total. The van der Waals surface area contributed by atoms with Crippen LogP contribution < -0.4 is 9.03 Å². The van der Waals surface area contributed by atoms with Crippen LogP contribution in [0.2, 0.25) is 0 Å². The number of halogens is 1. The first-order valence-corrected chi connectivity index (χ1v) is 8.23. The predicted molar refractivity (Wildman–Crippen MR) is 84.9 cm³/mol. The van der Waals surface area contributed by atoms with E-state index in [9.17, 15) is 22.7 Å². The maximum atomic E-state index is 12.9. The summed E-state index contributed by atoms with van der Waals surface area (Å²) in [6.45, 7) is -0.412. The fourth-order valence-electron chi connectivity index (χ4n) is 2.14. The standard InChI is InChI=1S/C16H11FN2O4S/c17-13-6-3-11(4-7-13)1-2-12-5-8-15(20)14(9-12)19-10-16(21)18-24(19,22)23/h3-9,20H,10H2,(H,18,21). The fraction of sp³-hybridized carbons (Fsp3) is 0.0625. The van der Waals surface area contributed by atoms with Crippen LogP contribution in [-0.2, 0) is 15.0 Å². The average molecular weight is 346 g/mol. The topological polar surface area (TPSA) is 86.7 Å². The van der Waals surface area contributed by atoms with Crippen LogP contribution in [-0.4, -0.2) is 26.0 Å². The Morgan fingerprint density at radius 3 is 2.33 bits per heavy atom. The lowest BCUT2D eigenvalue weighted by Gasteiger charge is -2.16. The largest absolute Gasteiger partial charge is 0.506 e. The molecule has 0 saturated carbocycles. The lowest BCUT2D eigenvalue weighted by Crippen LogP contribution is -2.29. The zero-order valence-electron chi connectivity index (χ0n) is 12.2. The molecule has 1 aliphatic rings. The molecule has 1 aliphatic heterocycles. The predicted octanol–water partition coefficient (Wildman–Crippen LogP) is 1.11. The molecule has 0 atom stereocenters. The number of aromatic hydroxyl groups is 1. The Bertz CT molecular complexity index is 975. The van der Waals surface area contributed by atoms with Crippen LogP contribution in [0.4, 0.5) is 10.1 Å². The zero-order chi connectivity index (χ0) is 17.3. The van der Waals surface area contributed by atoms with E-state index in [4.69, 9.17) is 0 Å². The summed E-state index contributed by atoms with van der Waals surface area (Å²) in [4.78, 5) is 11.3. The number of carbonyl (C=O) groups is 1. The molecule has 1 amide bonds. The molecule has 3 rings (SSSR count). The van der Waals surface area contributed by atoms with Crippen molar-refractivity contribution in [1.29, 1.82) is 0 Å². The second-order valence-electron chi connectivity index (χ2n) is 5.00.